The summed E-state index contributed by atoms with van der Waals surface area (Å²) in [5.74, 6) is 1.10. The molecule has 29 heavy (non-hydrogen) atoms. The van der Waals surface area contributed by atoms with Gasteiger partial charge in [0, 0.05) is 22.9 Å². The van der Waals surface area contributed by atoms with Gasteiger partial charge >= 0.3 is 0 Å². The van der Waals surface area contributed by atoms with Gasteiger partial charge in [-0.2, -0.15) is 0 Å². The number of ether oxygens (including phenoxy) is 1. The highest BCUT2D eigenvalue weighted by Crippen LogP contribution is 2.29. The Kier molecular flexibility index (Phi) is 5.48. The smallest absolute Gasteiger partial charge is 0.258 e. The Morgan fingerprint density at radius 3 is 2.28 bits per heavy atom. The number of pyridine rings is 1. The number of hydrogen-bond donors (Lipinski definition) is 0. The highest BCUT2D eigenvalue weighted by molar-refractivity contribution is 5.96. The van der Waals surface area contributed by atoms with E-state index in [2.05, 4.69) is 20.0 Å². The van der Waals surface area contributed by atoms with Crippen molar-refractivity contribution in [3.05, 3.63) is 101 Å². The molecule has 1 aromatic heterocycles. The zero-order valence-electron chi connectivity index (χ0n) is 16.8. The van der Waals surface area contributed by atoms with Gasteiger partial charge in [0.1, 0.15) is 12.4 Å². The maximum absolute atomic E-state index is 13.0. The first-order valence-corrected chi connectivity index (χ1v) is 9.94. The lowest BCUT2D eigenvalue weighted by Gasteiger charge is -2.15. The quantitative estimate of drug-likeness (QED) is 0.428. The molecule has 0 amide bonds. The zero-order valence-corrected chi connectivity index (χ0v) is 16.8. The van der Waals surface area contributed by atoms with Crippen LogP contribution in [0.25, 0.3) is 21.9 Å². The van der Waals surface area contributed by atoms with Gasteiger partial charge in [0.05, 0.1) is 6.20 Å². The lowest BCUT2D eigenvalue weighted by molar-refractivity contribution is 0.306. The molecule has 0 N–H and O–H groups in total. The summed E-state index contributed by atoms with van der Waals surface area (Å²) >= 11 is 0. The van der Waals surface area contributed by atoms with Crippen LogP contribution in [0.3, 0.4) is 0 Å². The molecule has 0 saturated heterocycles. The Labute approximate surface area is 171 Å². The molecule has 3 nitrogen and oxygen atoms in total. The minimum atomic E-state index is -0.0111. The van der Waals surface area contributed by atoms with Gasteiger partial charge < -0.3 is 9.30 Å². The molecule has 3 heteroatoms. The lowest BCUT2D eigenvalue weighted by Crippen LogP contribution is -2.23. The van der Waals surface area contributed by atoms with Crippen LogP contribution in [-0.2, 0) is 13.2 Å². The highest BCUT2D eigenvalue weighted by Gasteiger charge is 2.13. The van der Waals surface area contributed by atoms with E-state index in [1.54, 1.807) is 4.57 Å². The summed E-state index contributed by atoms with van der Waals surface area (Å²) in [6.45, 7) is 5.34. The Bertz CT molecular complexity index is 1160. The fraction of sp³-hybridized carbons (Fsp3) is 0.192. The predicted octanol–water partition coefficient (Wildman–Crippen LogP) is 5.70. The lowest BCUT2D eigenvalue weighted by atomic mass is 10.00. The predicted molar refractivity (Wildman–Crippen MR) is 118 cm³/mol. The zero-order chi connectivity index (χ0) is 20.2. The van der Waals surface area contributed by atoms with Gasteiger partial charge in [-0.1, -0.05) is 74.5 Å². The van der Waals surface area contributed by atoms with E-state index in [1.807, 2.05) is 78.9 Å². The molecule has 0 atom stereocenters. The Morgan fingerprint density at radius 1 is 0.897 bits per heavy atom. The molecule has 4 rings (SSSR count). The van der Waals surface area contributed by atoms with Crippen LogP contribution in [0.2, 0.25) is 0 Å². The van der Waals surface area contributed by atoms with Crippen molar-refractivity contribution in [2.45, 2.75) is 27.0 Å². The van der Waals surface area contributed by atoms with Gasteiger partial charge in [-0.15, -0.1) is 0 Å². The third-order valence-electron chi connectivity index (χ3n) is 4.84. The Morgan fingerprint density at radius 2 is 1.59 bits per heavy atom. The molecular weight excluding hydrogens is 358 g/mol. The summed E-state index contributed by atoms with van der Waals surface area (Å²) in [5.41, 5.74) is 3.05. The number of nitrogens with zero attached hydrogens (tertiary/aromatic N) is 1. The second kappa shape index (κ2) is 8.36. The molecule has 0 saturated carbocycles. The van der Waals surface area contributed by atoms with E-state index < -0.39 is 0 Å². The summed E-state index contributed by atoms with van der Waals surface area (Å²) in [5, 5.41) is 1.56. The van der Waals surface area contributed by atoms with Crippen molar-refractivity contribution in [3.63, 3.8) is 0 Å². The molecular formula is C26H24NO2. The van der Waals surface area contributed by atoms with Gasteiger partial charge in [-0.05, 0) is 35.2 Å². The van der Waals surface area contributed by atoms with E-state index in [9.17, 15) is 4.79 Å². The van der Waals surface area contributed by atoms with E-state index in [0.717, 1.165) is 27.8 Å². The normalized spacial score (nSPS) is 11.1. The fourth-order valence-corrected chi connectivity index (χ4v) is 3.46. The van der Waals surface area contributed by atoms with Crippen LogP contribution >= 0.6 is 0 Å². The standard InChI is InChI=1S/C26H24NO2/c1-19(2)16-27-17-25(21-11-7-4-8-12-21)24-15-22(13-14-23(24)26(27)28)29-18-20-9-5-3-6-10-20/h3-15,19H,16,18H2,1-2H3. The first-order valence-electron chi connectivity index (χ1n) is 9.94. The van der Waals surface area contributed by atoms with Crippen molar-refractivity contribution in [1.29, 1.82) is 0 Å². The van der Waals surface area contributed by atoms with Gasteiger partial charge in [-0.25, -0.2) is 0 Å². The molecule has 0 aliphatic carbocycles. The fourth-order valence-electron chi connectivity index (χ4n) is 3.46. The van der Waals surface area contributed by atoms with E-state index in [0.29, 0.717) is 24.5 Å². The number of aromatic nitrogens is 1. The highest BCUT2D eigenvalue weighted by atomic mass is 16.5. The average molecular weight is 382 g/mol. The largest absolute Gasteiger partial charge is 0.489 e. The van der Waals surface area contributed by atoms with Gasteiger partial charge in [0.2, 0.25) is 0 Å². The van der Waals surface area contributed by atoms with Crippen molar-refractivity contribution in [1.82, 2.24) is 4.57 Å². The maximum atomic E-state index is 13.0. The van der Waals surface area contributed by atoms with Crippen LogP contribution in [0.4, 0.5) is 0 Å². The topological polar surface area (TPSA) is 31.2 Å². The van der Waals surface area contributed by atoms with Crippen LogP contribution in [0.15, 0.2) is 83.7 Å². The molecule has 0 aliphatic rings. The van der Waals surface area contributed by atoms with Crippen LogP contribution in [0.1, 0.15) is 19.4 Å². The Hall–Kier alpha value is -3.33. The van der Waals surface area contributed by atoms with Crippen LogP contribution in [-0.4, -0.2) is 4.57 Å². The van der Waals surface area contributed by atoms with Crippen LogP contribution in [0.5, 0.6) is 5.75 Å². The first-order chi connectivity index (χ1) is 14.1. The molecule has 1 heterocycles. The second-order valence-corrected chi connectivity index (χ2v) is 7.64. The van der Waals surface area contributed by atoms with Crippen molar-refractivity contribution in [2.75, 3.05) is 0 Å². The number of rotatable bonds is 6. The molecule has 145 valence electrons. The molecule has 0 aliphatic heterocycles. The van der Waals surface area contributed by atoms with Crippen molar-refractivity contribution < 1.29 is 4.74 Å². The number of fused-ring (bicyclic) bond motifs is 1. The molecule has 0 bridgehead atoms. The van der Waals surface area contributed by atoms with Gasteiger partial charge in [0.15, 0.2) is 0 Å². The minimum Gasteiger partial charge on any atom is -0.489 e. The molecule has 0 unspecified atom stereocenters. The number of benzene rings is 3. The van der Waals surface area contributed by atoms with Gasteiger partial charge in [0.25, 0.3) is 5.56 Å². The summed E-state index contributed by atoms with van der Waals surface area (Å²) in [6.07, 6.45) is 3.35. The van der Waals surface area contributed by atoms with Crippen LogP contribution < -0.4 is 10.3 Å². The monoisotopic (exact) mass is 382 g/mol. The maximum Gasteiger partial charge on any atom is 0.258 e. The third-order valence-corrected chi connectivity index (χ3v) is 4.84. The van der Waals surface area contributed by atoms with Crippen molar-refractivity contribution in [2.24, 2.45) is 5.92 Å². The van der Waals surface area contributed by atoms with Crippen molar-refractivity contribution >= 4 is 10.8 Å². The number of hydrogen-bond acceptors (Lipinski definition) is 2. The average Bonchev–Trinajstić information content (AvgIpc) is 2.75. The summed E-state index contributed by atoms with van der Waals surface area (Å²) in [7, 11) is 0. The summed E-state index contributed by atoms with van der Waals surface area (Å²) in [6, 6.07) is 25.9. The third kappa shape index (κ3) is 4.24. The van der Waals surface area contributed by atoms with Gasteiger partial charge in [-0.3, -0.25) is 4.79 Å². The molecule has 4 aromatic rings. The van der Waals surface area contributed by atoms with Crippen LogP contribution in [0, 0.1) is 12.1 Å². The van der Waals surface area contributed by atoms with E-state index in [4.69, 9.17) is 4.74 Å². The van der Waals surface area contributed by atoms with E-state index in [-0.39, 0.29) is 5.56 Å². The summed E-state index contributed by atoms with van der Waals surface area (Å²) in [4.78, 5) is 13.0. The molecule has 0 spiro atoms. The SMILES string of the molecule is CC(C)Cn1[c]c(-c2ccccc2)c2cc(OCc3ccccc3)ccc2c1=O. The molecule has 0 fully saturated rings. The summed E-state index contributed by atoms with van der Waals surface area (Å²) < 4.78 is 7.71. The van der Waals surface area contributed by atoms with E-state index >= 15 is 0 Å². The Balaban J connectivity index is 1.80. The second-order valence-electron chi connectivity index (χ2n) is 7.64. The minimum absolute atomic E-state index is 0.0111. The molecule has 1 radical (unpaired) electrons. The van der Waals surface area contributed by atoms with E-state index in [1.165, 1.54) is 0 Å². The van der Waals surface area contributed by atoms with Crippen molar-refractivity contribution in [3.8, 4) is 16.9 Å². The molecule has 3 aromatic carbocycles. The first kappa shape index (κ1) is 19.0.